The van der Waals surface area contributed by atoms with Gasteiger partial charge < -0.3 is 5.32 Å². The lowest BCUT2D eigenvalue weighted by Gasteiger charge is -2.22. The van der Waals surface area contributed by atoms with Gasteiger partial charge in [-0.3, -0.25) is 0 Å². The molecule has 1 unspecified atom stereocenters. The van der Waals surface area contributed by atoms with Crippen molar-refractivity contribution in [3.05, 3.63) is 69.2 Å². The molecule has 0 amide bonds. The molecule has 0 aromatic heterocycles. The van der Waals surface area contributed by atoms with Gasteiger partial charge in [0.1, 0.15) is 0 Å². The largest absolute Gasteiger partial charge is 0.306 e. The van der Waals surface area contributed by atoms with E-state index in [-0.39, 0.29) is 6.04 Å². The topological polar surface area (TPSA) is 12.0 Å². The molecule has 0 saturated heterocycles. The van der Waals surface area contributed by atoms with E-state index in [1.807, 2.05) is 0 Å². The summed E-state index contributed by atoms with van der Waals surface area (Å²) in [6.07, 6.45) is 1.13. The first-order valence-corrected chi connectivity index (χ1v) is 7.97. The van der Waals surface area contributed by atoms with E-state index in [9.17, 15) is 0 Å². The Balaban J connectivity index is 2.44. The second-order valence-electron chi connectivity index (χ2n) is 5.30. The fourth-order valence-electron chi connectivity index (χ4n) is 2.47. The Hall–Kier alpha value is -1.12. The van der Waals surface area contributed by atoms with Crippen LogP contribution < -0.4 is 5.32 Å². The van der Waals surface area contributed by atoms with Crippen LogP contribution in [-0.2, 0) is 0 Å². The predicted octanol–water partition coefficient (Wildman–Crippen LogP) is 5.15. The molecule has 0 radical (unpaired) electrons. The van der Waals surface area contributed by atoms with Gasteiger partial charge in [0.15, 0.2) is 0 Å². The minimum absolute atomic E-state index is 0.257. The number of halogens is 1. The Labute approximate surface area is 130 Å². The van der Waals surface area contributed by atoms with E-state index < -0.39 is 0 Å². The van der Waals surface area contributed by atoms with Crippen LogP contribution in [0.15, 0.2) is 46.9 Å². The van der Waals surface area contributed by atoms with E-state index in [1.165, 1.54) is 22.3 Å². The zero-order chi connectivity index (χ0) is 14.5. The lowest BCUT2D eigenvalue weighted by Crippen LogP contribution is -2.24. The molecule has 0 heterocycles. The quantitative estimate of drug-likeness (QED) is 0.798. The molecule has 2 heteroatoms. The summed E-state index contributed by atoms with van der Waals surface area (Å²) < 4.78 is 1.13. The highest BCUT2D eigenvalue weighted by molar-refractivity contribution is 9.10. The van der Waals surface area contributed by atoms with Gasteiger partial charge in [-0.1, -0.05) is 58.7 Å². The summed E-state index contributed by atoms with van der Waals surface area (Å²) in [5.74, 6) is 0. The lowest BCUT2D eigenvalue weighted by atomic mass is 9.94. The zero-order valence-corrected chi connectivity index (χ0v) is 14.0. The van der Waals surface area contributed by atoms with Crippen molar-refractivity contribution in [3.63, 3.8) is 0 Å². The SMILES string of the molecule is CCCNC(c1cccc(C)c1)c1cc(Br)ccc1C. The van der Waals surface area contributed by atoms with E-state index in [2.05, 4.69) is 84.5 Å². The van der Waals surface area contributed by atoms with Crippen molar-refractivity contribution >= 4 is 15.9 Å². The average Bonchev–Trinajstić information content (AvgIpc) is 2.43. The van der Waals surface area contributed by atoms with Crippen LogP contribution in [0.1, 0.15) is 41.6 Å². The van der Waals surface area contributed by atoms with E-state index in [4.69, 9.17) is 0 Å². The van der Waals surface area contributed by atoms with E-state index in [0.29, 0.717) is 0 Å². The molecule has 0 aliphatic heterocycles. The maximum absolute atomic E-state index is 3.68. The van der Waals surface area contributed by atoms with E-state index in [0.717, 1.165) is 17.4 Å². The molecule has 1 atom stereocenters. The molecule has 2 rings (SSSR count). The molecule has 0 saturated carbocycles. The molecule has 2 aromatic carbocycles. The summed E-state index contributed by atoms with van der Waals surface area (Å²) in [5.41, 5.74) is 5.31. The molecular formula is C18H22BrN. The smallest absolute Gasteiger partial charge is 0.0579 e. The first kappa shape index (κ1) is 15.3. The number of benzene rings is 2. The number of rotatable bonds is 5. The highest BCUT2D eigenvalue weighted by atomic mass is 79.9. The predicted molar refractivity (Wildman–Crippen MR) is 90.2 cm³/mol. The van der Waals surface area contributed by atoms with Crippen molar-refractivity contribution in [3.8, 4) is 0 Å². The third-order valence-electron chi connectivity index (χ3n) is 3.53. The summed E-state index contributed by atoms with van der Waals surface area (Å²) >= 11 is 3.59. The summed E-state index contributed by atoms with van der Waals surface area (Å²) in [4.78, 5) is 0. The maximum atomic E-state index is 3.68. The van der Waals surface area contributed by atoms with Gasteiger partial charge in [-0.05, 0) is 55.6 Å². The van der Waals surface area contributed by atoms with Crippen LogP contribution in [-0.4, -0.2) is 6.54 Å². The first-order chi connectivity index (χ1) is 9.61. The van der Waals surface area contributed by atoms with Crippen LogP contribution in [0.2, 0.25) is 0 Å². The minimum Gasteiger partial charge on any atom is -0.306 e. The van der Waals surface area contributed by atoms with Crippen LogP contribution in [0.3, 0.4) is 0 Å². The minimum atomic E-state index is 0.257. The van der Waals surface area contributed by atoms with Gasteiger partial charge >= 0.3 is 0 Å². The van der Waals surface area contributed by atoms with Crippen LogP contribution in [0, 0.1) is 13.8 Å². The molecule has 0 bridgehead atoms. The normalized spacial score (nSPS) is 12.4. The van der Waals surface area contributed by atoms with Crippen LogP contribution in [0.5, 0.6) is 0 Å². The Morgan fingerprint density at radius 3 is 2.60 bits per heavy atom. The van der Waals surface area contributed by atoms with E-state index >= 15 is 0 Å². The van der Waals surface area contributed by atoms with Gasteiger partial charge in [0.2, 0.25) is 0 Å². The number of hydrogen-bond donors (Lipinski definition) is 1. The van der Waals surface area contributed by atoms with E-state index in [1.54, 1.807) is 0 Å². The van der Waals surface area contributed by atoms with Gasteiger partial charge in [-0.15, -0.1) is 0 Å². The van der Waals surface area contributed by atoms with Crippen molar-refractivity contribution in [2.45, 2.75) is 33.2 Å². The molecule has 1 N–H and O–H groups in total. The van der Waals surface area contributed by atoms with Crippen molar-refractivity contribution in [1.82, 2.24) is 5.32 Å². The Morgan fingerprint density at radius 2 is 1.90 bits per heavy atom. The molecule has 1 nitrogen and oxygen atoms in total. The second kappa shape index (κ2) is 7.05. The Morgan fingerprint density at radius 1 is 1.10 bits per heavy atom. The fourth-order valence-corrected chi connectivity index (χ4v) is 2.85. The van der Waals surface area contributed by atoms with Crippen molar-refractivity contribution < 1.29 is 0 Å². The van der Waals surface area contributed by atoms with Gasteiger partial charge in [0.25, 0.3) is 0 Å². The highest BCUT2D eigenvalue weighted by Crippen LogP contribution is 2.28. The standard InChI is InChI=1S/C18H22BrN/c1-4-10-20-18(15-7-5-6-13(2)11-15)17-12-16(19)9-8-14(17)3/h5-9,11-12,18,20H,4,10H2,1-3H3. The van der Waals surface area contributed by atoms with Gasteiger partial charge in [0, 0.05) is 4.47 Å². The molecular weight excluding hydrogens is 310 g/mol. The van der Waals surface area contributed by atoms with Crippen molar-refractivity contribution in [2.75, 3.05) is 6.54 Å². The number of aryl methyl sites for hydroxylation is 2. The van der Waals surface area contributed by atoms with Crippen molar-refractivity contribution in [2.24, 2.45) is 0 Å². The zero-order valence-electron chi connectivity index (χ0n) is 12.4. The fraction of sp³-hybridized carbons (Fsp3) is 0.333. The highest BCUT2D eigenvalue weighted by Gasteiger charge is 2.15. The van der Waals surface area contributed by atoms with Crippen LogP contribution >= 0.6 is 15.9 Å². The first-order valence-electron chi connectivity index (χ1n) is 7.18. The molecule has 106 valence electrons. The molecule has 2 aromatic rings. The molecule has 0 aliphatic carbocycles. The number of hydrogen-bond acceptors (Lipinski definition) is 1. The third kappa shape index (κ3) is 3.71. The summed E-state index contributed by atoms with van der Waals surface area (Å²) in [6.45, 7) is 7.55. The summed E-state index contributed by atoms with van der Waals surface area (Å²) in [5, 5.41) is 3.68. The van der Waals surface area contributed by atoms with Crippen LogP contribution in [0.25, 0.3) is 0 Å². The maximum Gasteiger partial charge on any atom is 0.0579 e. The monoisotopic (exact) mass is 331 g/mol. The van der Waals surface area contributed by atoms with Gasteiger partial charge in [-0.25, -0.2) is 0 Å². The summed E-state index contributed by atoms with van der Waals surface area (Å²) in [7, 11) is 0. The van der Waals surface area contributed by atoms with Gasteiger partial charge in [0.05, 0.1) is 6.04 Å². The molecule has 20 heavy (non-hydrogen) atoms. The lowest BCUT2D eigenvalue weighted by molar-refractivity contribution is 0.596. The molecule has 0 spiro atoms. The average molecular weight is 332 g/mol. The Bertz CT molecular complexity index is 577. The van der Waals surface area contributed by atoms with Gasteiger partial charge in [-0.2, -0.15) is 0 Å². The summed E-state index contributed by atoms with van der Waals surface area (Å²) in [6, 6.07) is 15.5. The third-order valence-corrected chi connectivity index (χ3v) is 4.02. The number of nitrogens with one attached hydrogen (secondary N) is 1. The second-order valence-corrected chi connectivity index (χ2v) is 6.22. The van der Waals surface area contributed by atoms with Crippen molar-refractivity contribution in [1.29, 1.82) is 0 Å². The van der Waals surface area contributed by atoms with Crippen LogP contribution in [0.4, 0.5) is 0 Å². The Kier molecular flexibility index (Phi) is 5.38. The molecule has 0 fully saturated rings. The molecule has 0 aliphatic rings.